The molecule has 2 rings (SSSR count). The van der Waals surface area contributed by atoms with Crippen molar-refractivity contribution >= 4 is 23.8 Å². The predicted octanol–water partition coefficient (Wildman–Crippen LogP) is 1.43. The lowest BCUT2D eigenvalue weighted by atomic mass is 9.85. The average molecular weight is 356 g/mol. The van der Waals surface area contributed by atoms with Crippen molar-refractivity contribution < 1.29 is 29.4 Å². The standard InChI is InChI=1S/C18H16N2O6/c1-8(13-6-9(17(23)24)2-4-11(13)15(19)21)14-7-10(18(25)26)3-5-12(14)16(20)22/h2-8H,1H3,(H2,19,21)(H2,20,22)(H,23,24)(H,25,26). The minimum absolute atomic E-state index is 0.0682. The minimum atomic E-state index is -1.20. The van der Waals surface area contributed by atoms with Crippen molar-refractivity contribution in [2.75, 3.05) is 0 Å². The molecule has 8 heteroatoms. The van der Waals surface area contributed by atoms with E-state index in [-0.39, 0.29) is 33.4 Å². The Kier molecular flexibility index (Phi) is 5.06. The number of nitrogens with two attached hydrogens (primary N) is 2. The fourth-order valence-electron chi connectivity index (χ4n) is 2.72. The summed E-state index contributed by atoms with van der Waals surface area (Å²) >= 11 is 0. The fourth-order valence-corrected chi connectivity index (χ4v) is 2.72. The molecule has 0 heterocycles. The van der Waals surface area contributed by atoms with Crippen LogP contribution in [0.3, 0.4) is 0 Å². The van der Waals surface area contributed by atoms with E-state index in [1.165, 1.54) is 36.4 Å². The van der Waals surface area contributed by atoms with Crippen LogP contribution in [0.15, 0.2) is 36.4 Å². The second-order valence-corrected chi connectivity index (χ2v) is 5.66. The van der Waals surface area contributed by atoms with Crippen LogP contribution in [-0.4, -0.2) is 34.0 Å². The molecule has 6 N–H and O–H groups in total. The van der Waals surface area contributed by atoms with Gasteiger partial charge in [0.15, 0.2) is 0 Å². The molecular weight excluding hydrogens is 340 g/mol. The molecule has 0 unspecified atom stereocenters. The van der Waals surface area contributed by atoms with Crippen molar-refractivity contribution in [3.8, 4) is 0 Å². The fraction of sp³-hybridized carbons (Fsp3) is 0.111. The number of carbonyl (C=O) groups is 4. The van der Waals surface area contributed by atoms with Gasteiger partial charge in [-0.3, -0.25) is 9.59 Å². The highest BCUT2D eigenvalue weighted by Gasteiger charge is 2.23. The average Bonchev–Trinajstić information content (AvgIpc) is 2.59. The molecule has 2 aromatic rings. The van der Waals surface area contributed by atoms with E-state index in [9.17, 15) is 29.4 Å². The quantitative estimate of drug-likeness (QED) is 0.612. The lowest BCUT2D eigenvalue weighted by Gasteiger charge is -2.19. The number of hydrogen-bond donors (Lipinski definition) is 4. The Labute approximate surface area is 148 Å². The summed E-state index contributed by atoms with van der Waals surface area (Å²) in [6, 6.07) is 7.57. The van der Waals surface area contributed by atoms with Crippen molar-refractivity contribution in [1.82, 2.24) is 0 Å². The summed E-state index contributed by atoms with van der Waals surface area (Å²) in [7, 11) is 0. The predicted molar refractivity (Wildman–Crippen MR) is 91.4 cm³/mol. The molecule has 0 bridgehead atoms. The van der Waals surface area contributed by atoms with Crippen molar-refractivity contribution in [3.63, 3.8) is 0 Å². The van der Waals surface area contributed by atoms with Crippen molar-refractivity contribution in [1.29, 1.82) is 0 Å². The van der Waals surface area contributed by atoms with Crippen LogP contribution in [0.25, 0.3) is 0 Å². The molecule has 0 fully saturated rings. The number of rotatable bonds is 6. The highest BCUT2D eigenvalue weighted by atomic mass is 16.4. The molecule has 8 nitrogen and oxygen atoms in total. The summed E-state index contributed by atoms with van der Waals surface area (Å²) in [6.07, 6.45) is 0. The molecule has 0 radical (unpaired) electrons. The highest BCUT2D eigenvalue weighted by Crippen LogP contribution is 2.31. The van der Waals surface area contributed by atoms with Gasteiger partial charge >= 0.3 is 11.9 Å². The van der Waals surface area contributed by atoms with Crippen LogP contribution < -0.4 is 11.5 Å². The van der Waals surface area contributed by atoms with Crippen LogP contribution in [0, 0.1) is 0 Å². The number of carboxylic acids is 2. The summed E-state index contributed by atoms with van der Waals surface area (Å²) in [5, 5.41) is 18.4. The molecule has 2 aromatic carbocycles. The maximum absolute atomic E-state index is 11.7. The number of amides is 2. The van der Waals surface area contributed by atoms with E-state index in [4.69, 9.17) is 11.5 Å². The van der Waals surface area contributed by atoms with Crippen LogP contribution in [0.2, 0.25) is 0 Å². The molecule has 26 heavy (non-hydrogen) atoms. The lowest BCUT2D eigenvalue weighted by Crippen LogP contribution is -2.19. The van der Waals surface area contributed by atoms with E-state index in [0.717, 1.165) is 0 Å². The zero-order valence-corrected chi connectivity index (χ0v) is 13.7. The topological polar surface area (TPSA) is 161 Å². The molecule has 0 aliphatic rings. The number of carboxylic acid groups (broad SMARTS) is 2. The van der Waals surface area contributed by atoms with E-state index in [1.807, 2.05) is 0 Å². The molecule has 0 atom stereocenters. The first kappa shape index (κ1) is 18.7. The summed E-state index contributed by atoms with van der Waals surface area (Å²) < 4.78 is 0. The van der Waals surface area contributed by atoms with E-state index >= 15 is 0 Å². The summed E-state index contributed by atoms with van der Waals surface area (Å²) in [5.74, 6) is -4.68. The Bertz CT molecular complexity index is 860. The van der Waals surface area contributed by atoms with Gasteiger partial charge in [0, 0.05) is 17.0 Å². The Morgan fingerprint density at radius 1 is 0.769 bits per heavy atom. The molecule has 0 saturated heterocycles. The third-order valence-corrected chi connectivity index (χ3v) is 4.06. The molecular formula is C18H16N2O6. The van der Waals surface area contributed by atoms with Gasteiger partial charge in [-0.1, -0.05) is 6.92 Å². The highest BCUT2D eigenvalue weighted by molar-refractivity contribution is 5.99. The Morgan fingerprint density at radius 3 is 1.38 bits per heavy atom. The van der Waals surface area contributed by atoms with Gasteiger partial charge in [-0.25, -0.2) is 9.59 Å². The van der Waals surface area contributed by atoms with Crippen molar-refractivity contribution in [2.24, 2.45) is 11.5 Å². The Morgan fingerprint density at radius 2 is 1.12 bits per heavy atom. The molecule has 0 saturated carbocycles. The van der Waals surface area contributed by atoms with Gasteiger partial charge in [0.05, 0.1) is 11.1 Å². The first-order chi connectivity index (χ1) is 12.1. The number of hydrogen-bond acceptors (Lipinski definition) is 4. The molecule has 134 valence electrons. The maximum Gasteiger partial charge on any atom is 0.335 e. The largest absolute Gasteiger partial charge is 0.478 e. The zero-order chi connectivity index (χ0) is 19.6. The van der Waals surface area contributed by atoms with E-state index in [1.54, 1.807) is 6.92 Å². The second kappa shape index (κ2) is 7.06. The summed E-state index contributed by atoms with van der Waals surface area (Å²) in [6.45, 7) is 1.60. The molecule has 0 aliphatic carbocycles. The normalized spacial score (nSPS) is 10.5. The van der Waals surface area contributed by atoms with Gasteiger partial charge in [0.2, 0.25) is 11.8 Å². The third-order valence-electron chi connectivity index (χ3n) is 4.06. The molecule has 0 spiro atoms. The monoisotopic (exact) mass is 356 g/mol. The van der Waals surface area contributed by atoms with Gasteiger partial charge in [0.1, 0.15) is 0 Å². The van der Waals surface area contributed by atoms with Crippen molar-refractivity contribution in [3.05, 3.63) is 69.8 Å². The number of primary amides is 2. The second-order valence-electron chi connectivity index (χ2n) is 5.66. The van der Waals surface area contributed by atoms with E-state index < -0.39 is 29.7 Å². The van der Waals surface area contributed by atoms with Crippen LogP contribution in [0.5, 0.6) is 0 Å². The molecule has 0 aliphatic heterocycles. The smallest absolute Gasteiger partial charge is 0.335 e. The lowest BCUT2D eigenvalue weighted by molar-refractivity contribution is 0.0686. The maximum atomic E-state index is 11.7. The first-order valence-corrected chi connectivity index (χ1v) is 7.47. The SMILES string of the molecule is CC(c1cc(C(=O)O)ccc1C(N)=O)c1cc(C(=O)O)ccc1C(N)=O. The Balaban J connectivity index is 2.73. The van der Waals surface area contributed by atoms with Gasteiger partial charge in [0.25, 0.3) is 0 Å². The van der Waals surface area contributed by atoms with Crippen LogP contribution in [-0.2, 0) is 0 Å². The number of carbonyl (C=O) groups excluding carboxylic acids is 2. The van der Waals surface area contributed by atoms with E-state index in [0.29, 0.717) is 0 Å². The zero-order valence-electron chi connectivity index (χ0n) is 13.7. The number of aromatic carboxylic acids is 2. The van der Waals surface area contributed by atoms with Gasteiger partial charge in [-0.05, 0) is 47.5 Å². The Hall–Kier alpha value is -3.68. The van der Waals surface area contributed by atoms with Crippen LogP contribution in [0.4, 0.5) is 0 Å². The van der Waals surface area contributed by atoms with Crippen LogP contribution >= 0.6 is 0 Å². The van der Waals surface area contributed by atoms with Crippen molar-refractivity contribution in [2.45, 2.75) is 12.8 Å². The van der Waals surface area contributed by atoms with Gasteiger partial charge in [-0.2, -0.15) is 0 Å². The third kappa shape index (κ3) is 3.54. The summed E-state index contributed by atoms with van der Waals surface area (Å²) in [4.78, 5) is 45.9. The van der Waals surface area contributed by atoms with Gasteiger partial charge in [-0.15, -0.1) is 0 Å². The first-order valence-electron chi connectivity index (χ1n) is 7.47. The minimum Gasteiger partial charge on any atom is -0.478 e. The van der Waals surface area contributed by atoms with Crippen LogP contribution in [0.1, 0.15) is 65.4 Å². The summed E-state index contributed by atoms with van der Waals surface area (Å²) in [5.41, 5.74) is 11.2. The number of benzene rings is 2. The molecule has 0 aromatic heterocycles. The van der Waals surface area contributed by atoms with E-state index in [2.05, 4.69) is 0 Å². The molecule has 2 amide bonds. The van der Waals surface area contributed by atoms with Gasteiger partial charge < -0.3 is 21.7 Å².